The summed E-state index contributed by atoms with van der Waals surface area (Å²) < 4.78 is 30.1. The van der Waals surface area contributed by atoms with Crippen LogP contribution in [0.15, 0.2) is 60.8 Å². The monoisotopic (exact) mass is 778 g/mol. The second kappa shape index (κ2) is 15.2. The molecule has 260 valence electrons. The van der Waals surface area contributed by atoms with E-state index in [1.165, 1.54) is 32.7 Å². The number of hydrogen-bond donors (Lipinski definition) is 1. The SMILES string of the molecule is CSc1ccnc(C(C)C)c1-n1c(=O)[nH]c(=O)c2cc(F)c(Cl)nc21.CSc1ccnc(C(C)C)c1-n1c(=O)nc(Cl)c2cc(F)c(Cl)nc21. The Kier molecular flexibility index (Phi) is 11.3. The number of hydrogen-bond acceptors (Lipinski definition) is 10. The van der Waals surface area contributed by atoms with Gasteiger partial charge in [0.25, 0.3) is 5.56 Å². The van der Waals surface area contributed by atoms with Crippen molar-refractivity contribution in [1.82, 2.24) is 39.0 Å². The summed E-state index contributed by atoms with van der Waals surface area (Å²) >= 11 is 20.5. The van der Waals surface area contributed by atoms with Gasteiger partial charge in [0.1, 0.15) is 5.15 Å². The fourth-order valence-electron chi connectivity index (χ4n) is 5.11. The summed E-state index contributed by atoms with van der Waals surface area (Å²) in [5.41, 5.74) is 0.514. The van der Waals surface area contributed by atoms with E-state index in [0.29, 0.717) is 22.8 Å². The van der Waals surface area contributed by atoms with E-state index in [9.17, 15) is 23.2 Å². The maximum atomic E-state index is 13.8. The predicted octanol–water partition coefficient (Wildman–Crippen LogP) is 7.57. The molecule has 6 aromatic rings. The first-order valence-electron chi connectivity index (χ1n) is 14.7. The standard InChI is InChI=1S/C16H13Cl2FN4OS.C16H14ClFN4O2S/c1-7(2)11-12(10(25-3)4-5-20-11)23-15-8(13(17)22-16(23)24)6-9(19)14(18)21-15;1-7(2)11-12(10(25-3)4-5-19-11)22-14-8(15(23)21-16(22)24)6-9(18)13(17)20-14/h4-7H,1-3H3;4-7H,1-3H3,(H,21,23,24). The lowest BCUT2D eigenvalue weighted by Crippen LogP contribution is -2.31. The first-order valence-corrected chi connectivity index (χ1v) is 18.3. The molecule has 0 saturated carbocycles. The maximum Gasteiger partial charge on any atom is 0.355 e. The minimum absolute atomic E-state index is 0.00639. The number of nitrogens with zero attached hydrogens (tertiary/aromatic N) is 7. The van der Waals surface area contributed by atoms with Crippen LogP contribution in [0, 0.1) is 11.6 Å². The molecule has 6 heterocycles. The van der Waals surface area contributed by atoms with Gasteiger partial charge in [-0.3, -0.25) is 19.7 Å². The van der Waals surface area contributed by atoms with Crippen LogP contribution in [-0.2, 0) is 0 Å². The van der Waals surface area contributed by atoms with E-state index >= 15 is 0 Å². The Labute approximate surface area is 306 Å². The molecule has 0 aliphatic rings. The summed E-state index contributed by atoms with van der Waals surface area (Å²) in [7, 11) is 0. The van der Waals surface area contributed by atoms with Crippen LogP contribution in [-0.4, -0.2) is 51.5 Å². The lowest BCUT2D eigenvalue weighted by atomic mass is 10.1. The third-order valence-corrected chi connectivity index (χ3v) is 9.69. The van der Waals surface area contributed by atoms with Crippen LogP contribution in [0.3, 0.4) is 0 Å². The van der Waals surface area contributed by atoms with Crippen LogP contribution < -0.4 is 16.9 Å². The number of aromatic nitrogens is 8. The van der Waals surface area contributed by atoms with Gasteiger partial charge in [0, 0.05) is 22.2 Å². The van der Waals surface area contributed by atoms with Crippen LogP contribution >= 0.6 is 58.3 Å². The van der Waals surface area contributed by atoms with Gasteiger partial charge in [-0.2, -0.15) is 4.98 Å². The van der Waals surface area contributed by atoms with Crippen molar-refractivity contribution in [3.63, 3.8) is 0 Å². The molecule has 1 N–H and O–H groups in total. The average Bonchev–Trinajstić information content (AvgIpc) is 3.07. The smallest absolute Gasteiger partial charge is 0.273 e. The van der Waals surface area contributed by atoms with Gasteiger partial charge in [0.2, 0.25) is 0 Å². The highest BCUT2D eigenvalue weighted by atomic mass is 35.5. The molecule has 0 aliphatic carbocycles. The zero-order valence-corrected chi connectivity index (χ0v) is 31.1. The molecule has 0 spiro atoms. The van der Waals surface area contributed by atoms with Crippen molar-refractivity contribution in [3.8, 4) is 11.4 Å². The molecule has 6 rings (SSSR count). The van der Waals surface area contributed by atoms with Gasteiger partial charge < -0.3 is 0 Å². The van der Waals surface area contributed by atoms with Crippen molar-refractivity contribution < 1.29 is 8.78 Å². The van der Waals surface area contributed by atoms with Crippen molar-refractivity contribution in [3.05, 3.63) is 106 Å². The van der Waals surface area contributed by atoms with Gasteiger partial charge in [-0.05, 0) is 48.6 Å². The number of pyridine rings is 4. The number of nitrogens with one attached hydrogen (secondary N) is 1. The number of H-pyrrole nitrogens is 1. The molecule has 0 fully saturated rings. The minimum Gasteiger partial charge on any atom is -0.273 e. The van der Waals surface area contributed by atoms with Crippen LogP contribution in [0.2, 0.25) is 15.5 Å². The van der Waals surface area contributed by atoms with E-state index in [1.54, 1.807) is 24.5 Å². The van der Waals surface area contributed by atoms with Crippen molar-refractivity contribution in [1.29, 1.82) is 0 Å². The average molecular weight is 780 g/mol. The molecule has 11 nitrogen and oxygen atoms in total. The molecule has 0 radical (unpaired) electrons. The predicted molar refractivity (Wildman–Crippen MR) is 195 cm³/mol. The lowest BCUT2D eigenvalue weighted by molar-refractivity contribution is 0.623. The molecule has 0 bridgehead atoms. The summed E-state index contributed by atoms with van der Waals surface area (Å²) in [5, 5.41) is -0.739. The molecular formula is C32H27Cl3F2N8O3S2. The van der Waals surface area contributed by atoms with E-state index in [1.807, 2.05) is 40.2 Å². The highest BCUT2D eigenvalue weighted by Crippen LogP contribution is 2.33. The molecule has 0 atom stereocenters. The van der Waals surface area contributed by atoms with Gasteiger partial charge in [0.15, 0.2) is 33.2 Å². The Bertz CT molecular complexity index is 2470. The van der Waals surface area contributed by atoms with E-state index in [0.717, 1.165) is 21.9 Å². The van der Waals surface area contributed by atoms with Crippen molar-refractivity contribution in [2.45, 2.75) is 49.3 Å². The highest BCUT2D eigenvalue weighted by Gasteiger charge is 2.23. The first kappa shape index (κ1) is 37.4. The fourth-order valence-corrected chi connectivity index (χ4v) is 6.76. The molecule has 0 aliphatic heterocycles. The van der Waals surface area contributed by atoms with Crippen LogP contribution in [0.1, 0.15) is 50.9 Å². The van der Waals surface area contributed by atoms with E-state index in [4.69, 9.17) is 34.8 Å². The zero-order valence-electron chi connectivity index (χ0n) is 27.2. The lowest BCUT2D eigenvalue weighted by Gasteiger charge is -2.18. The van der Waals surface area contributed by atoms with Crippen LogP contribution in [0.5, 0.6) is 0 Å². The van der Waals surface area contributed by atoms with Gasteiger partial charge in [-0.25, -0.2) is 37.5 Å². The molecule has 0 aromatic carbocycles. The third-order valence-electron chi connectivity index (χ3n) is 7.34. The van der Waals surface area contributed by atoms with Crippen LogP contribution in [0.4, 0.5) is 8.78 Å². The Balaban J connectivity index is 0.000000194. The molecule has 0 saturated heterocycles. The second-order valence-corrected chi connectivity index (χ2v) is 14.0. The summed E-state index contributed by atoms with van der Waals surface area (Å²) in [6.07, 6.45) is 7.09. The Hall–Kier alpha value is -3.89. The molecule has 0 unspecified atom stereocenters. The van der Waals surface area contributed by atoms with Gasteiger partial charge in [-0.1, -0.05) is 62.5 Å². The number of thioether (sulfide) groups is 2. The highest BCUT2D eigenvalue weighted by molar-refractivity contribution is 7.99. The van der Waals surface area contributed by atoms with E-state index in [2.05, 4.69) is 29.9 Å². The quantitative estimate of drug-likeness (QED) is 0.102. The van der Waals surface area contributed by atoms with Crippen molar-refractivity contribution >= 4 is 80.4 Å². The summed E-state index contributed by atoms with van der Waals surface area (Å²) in [5.74, 6) is -1.52. The topological polar surface area (TPSA) is 141 Å². The summed E-state index contributed by atoms with van der Waals surface area (Å²) in [6.45, 7) is 7.81. The Morgan fingerprint density at radius 2 is 1.16 bits per heavy atom. The molecule has 6 aromatic heterocycles. The number of rotatable bonds is 6. The molecule has 0 amide bonds. The second-order valence-electron chi connectivity index (χ2n) is 11.2. The first-order chi connectivity index (χ1) is 23.7. The van der Waals surface area contributed by atoms with Gasteiger partial charge in [0.05, 0.1) is 33.5 Å². The van der Waals surface area contributed by atoms with Crippen molar-refractivity contribution in [2.75, 3.05) is 12.5 Å². The van der Waals surface area contributed by atoms with Gasteiger partial charge in [-0.15, -0.1) is 23.5 Å². The summed E-state index contributed by atoms with van der Waals surface area (Å²) in [6, 6.07) is 5.66. The van der Waals surface area contributed by atoms with E-state index < -0.39 is 33.7 Å². The normalized spacial score (nSPS) is 11.5. The number of aromatic amines is 1. The molecule has 50 heavy (non-hydrogen) atoms. The van der Waals surface area contributed by atoms with Crippen LogP contribution in [0.25, 0.3) is 33.4 Å². The Morgan fingerprint density at radius 3 is 1.64 bits per heavy atom. The largest absolute Gasteiger partial charge is 0.355 e. The number of fused-ring (bicyclic) bond motifs is 2. The third kappa shape index (κ3) is 7.01. The number of halogens is 5. The summed E-state index contributed by atoms with van der Waals surface area (Å²) in [4.78, 5) is 61.7. The molecule has 18 heteroatoms. The molecular weight excluding hydrogens is 753 g/mol. The Morgan fingerprint density at radius 1 is 0.700 bits per heavy atom. The van der Waals surface area contributed by atoms with Crippen molar-refractivity contribution in [2.24, 2.45) is 0 Å². The fraction of sp³-hybridized carbons (Fsp3) is 0.250. The van der Waals surface area contributed by atoms with Gasteiger partial charge >= 0.3 is 11.4 Å². The maximum absolute atomic E-state index is 13.8. The van der Waals surface area contributed by atoms with E-state index in [-0.39, 0.29) is 44.2 Å². The zero-order chi connectivity index (χ0) is 36.6. The minimum atomic E-state index is -0.828.